The molecule has 1 aliphatic rings. The van der Waals surface area contributed by atoms with E-state index >= 15 is 0 Å². The minimum absolute atomic E-state index is 0.148. The van der Waals surface area contributed by atoms with Crippen molar-refractivity contribution in [3.05, 3.63) is 35.9 Å². The molecule has 1 heterocycles. The maximum absolute atomic E-state index is 12.7. The number of cyclic esters (lactones) is 1. The van der Waals surface area contributed by atoms with E-state index in [1.807, 2.05) is 0 Å². The number of carboxylic acids is 1. The first kappa shape index (κ1) is 18.8. The number of carbonyl (C=O) groups excluding carboxylic acids is 2. The molecule has 0 radical (unpaired) electrons. The number of ether oxygens (including phenoxy) is 1. The monoisotopic (exact) mass is 359 g/mol. The lowest BCUT2D eigenvalue weighted by Crippen LogP contribution is -2.45. The lowest BCUT2D eigenvalue weighted by atomic mass is 9.97. The Morgan fingerprint density at radius 3 is 2.48 bits per heavy atom. The minimum Gasteiger partial charge on any atom is -0.481 e. The first-order valence-corrected chi connectivity index (χ1v) is 7.49. The van der Waals surface area contributed by atoms with Crippen LogP contribution in [0.5, 0.6) is 0 Å². The third-order valence-corrected chi connectivity index (χ3v) is 3.76. The van der Waals surface area contributed by atoms with Gasteiger partial charge in [-0.25, -0.2) is 9.69 Å². The number of aliphatic carboxylic acids is 1. The molecule has 1 fully saturated rings. The van der Waals surface area contributed by atoms with E-state index in [1.54, 1.807) is 30.3 Å². The van der Waals surface area contributed by atoms with Crippen molar-refractivity contribution in [3.8, 4) is 0 Å². The summed E-state index contributed by atoms with van der Waals surface area (Å²) in [5, 5.41) is 8.79. The summed E-state index contributed by atoms with van der Waals surface area (Å²) < 4.78 is 42.8. The highest BCUT2D eigenvalue weighted by Crippen LogP contribution is 2.30. The van der Waals surface area contributed by atoms with Crippen molar-refractivity contribution >= 4 is 18.0 Å². The Balaban J connectivity index is 2.19. The lowest BCUT2D eigenvalue weighted by Gasteiger charge is -2.24. The molecule has 0 bridgehead atoms. The lowest BCUT2D eigenvalue weighted by molar-refractivity contribution is -0.162. The zero-order valence-electron chi connectivity index (χ0n) is 13.0. The van der Waals surface area contributed by atoms with E-state index in [0.29, 0.717) is 4.90 Å². The van der Waals surface area contributed by atoms with Gasteiger partial charge in [0.05, 0.1) is 24.8 Å². The molecule has 1 N–H and O–H groups in total. The van der Waals surface area contributed by atoms with Gasteiger partial charge in [0.15, 0.2) is 0 Å². The van der Waals surface area contributed by atoms with Crippen molar-refractivity contribution in [2.24, 2.45) is 5.92 Å². The summed E-state index contributed by atoms with van der Waals surface area (Å²) in [4.78, 5) is 35.7. The molecule has 0 aliphatic carbocycles. The van der Waals surface area contributed by atoms with Crippen LogP contribution in [0.25, 0.3) is 0 Å². The van der Waals surface area contributed by atoms with Crippen LogP contribution >= 0.6 is 0 Å². The highest BCUT2D eigenvalue weighted by Gasteiger charge is 2.44. The summed E-state index contributed by atoms with van der Waals surface area (Å²) in [7, 11) is 0. The van der Waals surface area contributed by atoms with Gasteiger partial charge in [-0.2, -0.15) is 13.2 Å². The summed E-state index contributed by atoms with van der Waals surface area (Å²) in [6, 6.07) is 7.99. The number of hydrogen-bond donors (Lipinski definition) is 1. The van der Waals surface area contributed by atoms with Crippen LogP contribution in [0, 0.1) is 5.92 Å². The number of hydrogen-bond acceptors (Lipinski definition) is 4. The first-order chi connectivity index (χ1) is 11.7. The number of alkyl halides is 3. The van der Waals surface area contributed by atoms with Crippen LogP contribution in [0.3, 0.4) is 0 Å². The highest BCUT2D eigenvalue weighted by atomic mass is 19.4. The standard InChI is InChI=1S/C16H16F3NO5/c17-16(18,19)8-11(7-13(21)22)14(23)20-12(9-25-15(20)24)6-10-4-2-1-3-5-10/h1-5,11-12H,6-9H2,(H,21,22)/t11?,12-/m0/s1. The highest BCUT2D eigenvalue weighted by molar-refractivity contribution is 5.96. The Morgan fingerprint density at radius 2 is 1.92 bits per heavy atom. The number of nitrogens with zero attached hydrogens (tertiary/aromatic N) is 1. The molecular weight excluding hydrogens is 343 g/mol. The second-order valence-electron chi connectivity index (χ2n) is 5.74. The average Bonchev–Trinajstić information content (AvgIpc) is 2.86. The van der Waals surface area contributed by atoms with E-state index < -0.39 is 48.9 Å². The number of imide groups is 1. The Bertz CT molecular complexity index is 647. The number of rotatable bonds is 6. The second kappa shape index (κ2) is 7.54. The van der Waals surface area contributed by atoms with Crippen LogP contribution in [0.2, 0.25) is 0 Å². The Kier molecular flexibility index (Phi) is 5.66. The van der Waals surface area contributed by atoms with Crippen LogP contribution < -0.4 is 0 Å². The van der Waals surface area contributed by atoms with Crippen molar-refractivity contribution in [2.75, 3.05) is 6.61 Å². The molecule has 9 heteroatoms. The van der Waals surface area contributed by atoms with Gasteiger partial charge in [0.2, 0.25) is 5.91 Å². The second-order valence-corrected chi connectivity index (χ2v) is 5.74. The maximum Gasteiger partial charge on any atom is 0.416 e. The van der Waals surface area contributed by atoms with Crippen molar-refractivity contribution in [1.82, 2.24) is 4.90 Å². The summed E-state index contributed by atoms with van der Waals surface area (Å²) in [5.41, 5.74) is 0.772. The molecule has 2 rings (SSSR count). The van der Waals surface area contributed by atoms with Gasteiger partial charge in [-0.1, -0.05) is 30.3 Å². The van der Waals surface area contributed by atoms with Gasteiger partial charge < -0.3 is 9.84 Å². The average molecular weight is 359 g/mol. The van der Waals surface area contributed by atoms with Gasteiger partial charge in [-0.15, -0.1) is 0 Å². The molecule has 0 saturated carbocycles. The molecule has 2 amide bonds. The smallest absolute Gasteiger partial charge is 0.416 e. The van der Waals surface area contributed by atoms with E-state index in [1.165, 1.54) is 0 Å². The van der Waals surface area contributed by atoms with E-state index in [-0.39, 0.29) is 13.0 Å². The molecule has 2 atom stereocenters. The first-order valence-electron chi connectivity index (χ1n) is 7.49. The molecule has 0 aromatic heterocycles. The zero-order chi connectivity index (χ0) is 18.6. The molecule has 1 unspecified atom stereocenters. The van der Waals surface area contributed by atoms with E-state index in [2.05, 4.69) is 0 Å². The predicted molar refractivity (Wildman–Crippen MR) is 78.5 cm³/mol. The molecule has 1 aromatic rings. The number of amides is 2. The molecule has 1 aliphatic heterocycles. The maximum atomic E-state index is 12.7. The third kappa shape index (κ3) is 5.20. The van der Waals surface area contributed by atoms with Crippen molar-refractivity contribution < 1.29 is 37.4 Å². The third-order valence-electron chi connectivity index (χ3n) is 3.76. The van der Waals surface area contributed by atoms with Crippen molar-refractivity contribution in [1.29, 1.82) is 0 Å². The number of benzene rings is 1. The molecule has 0 spiro atoms. The quantitative estimate of drug-likeness (QED) is 0.844. The van der Waals surface area contributed by atoms with Crippen LogP contribution in [0.4, 0.5) is 18.0 Å². The fourth-order valence-electron chi connectivity index (χ4n) is 2.70. The normalized spacial score (nSPS) is 18.8. The van der Waals surface area contributed by atoms with Crippen LogP contribution in [0.1, 0.15) is 18.4 Å². The predicted octanol–water partition coefficient (Wildman–Crippen LogP) is 2.62. The van der Waals surface area contributed by atoms with E-state index in [4.69, 9.17) is 9.84 Å². The Labute approximate surface area is 141 Å². The van der Waals surface area contributed by atoms with E-state index in [0.717, 1.165) is 5.56 Å². The molecule has 136 valence electrons. The summed E-state index contributed by atoms with van der Waals surface area (Å²) >= 11 is 0. The Morgan fingerprint density at radius 1 is 1.28 bits per heavy atom. The van der Waals surface area contributed by atoms with Crippen LogP contribution in [0.15, 0.2) is 30.3 Å². The van der Waals surface area contributed by atoms with Gasteiger partial charge in [0.1, 0.15) is 6.61 Å². The van der Waals surface area contributed by atoms with Crippen molar-refractivity contribution in [2.45, 2.75) is 31.5 Å². The molecule has 1 aromatic carbocycles. The summed E-state index contributed by atoms with van der Waals surface area (Å²) in [6.07, 6.45) is -8.19. The summed E-state index contributed by atoms with van der Waals surface area (Å²) in [5.74, 6) is -4.60. The van der Waals surface area contributed by atoms with Gasteiger partial charge in [-0.05, 0) is 12.0 Å². The van der Waals surface area contributed by atoms with E-state index in [9.17, 15) is 27.6 Å². The molecule has 25 heavy (non-hydrogen) atoms. The number of halogens is 3. The largest absolute Gasteiger partial charge is 0.481 e. The fraction of sp³-hybridized carbons (Fsp3) is 0.438. The molecule has 1 saturated heterocycles. The van der Waals surface area contributed by atoms with Gasteiger partial charge in [-0.3, -0.25) is 9.59 Å². The fourth-order valence-corrected chi connectivity index (χ4v) is 2.70. The van der Waals surface area contributed by atoms with Gasteiger partial charge in [0, 0.05) is 0 Å². The minimum atomic E-state index is -4.73. The van der Waals surface area contributed by atoms with Crippen molar-refractivity contribution in [3.63, 3.8) is 0 Å². The van der Waals surface area contributed by atoms with Crippen LogP contribution in [-0.2, 0) is 20.7 Å². The number of carboxylic acid groups (broad SMARTS) is 1. The number of carbonyl (C=O) groups is 3. The SMILES string of the molecule is O=C(O)CC(CC(F)(F)F)C(=O)N1C(=O)OC[C@@H]1Cc1ccccc1. The molecule has 6 nitrogen and oxygen atoms in total. The molecular formula is C16H16F3NO5. The van der Waals surface area contributed by atoms with Gasteiger partial charge >= 0.3 is 18.2 Å². The zero-order valence-corrected chi connectivity index (χ0v) is 13.0. The van der Waals surface area contributed by atoms with Gasteiger partial charge in [0.25, 0.3) is 0 Å². The summed E-state index contributed by atoms with van der Waals surface area (Å²) in [6.45, 7) is -0.148. The topological polar surface area (TPSA) is 83.9 Å². The Hall–Kier alpha value is -2.58. The van der Waals surface area contributed by atoms with Crippen LogP contribution in [-0.4, -0.2) is 46.8 Å².